The summed E-state index contributed by atoms with van der Waals surface area (Å²) in [5.74, 6) is -1.11. The first-order valence-electron chi connectivity index (χ1n) is 10.5. The fourth-order valence-electron chi connectivity index (χ4n) is 2.57. The molecule has 1 heterocycles. The Morgan fingerprint density at radius 2 is 1.71 bits per heavy atom. The Labute approximate surface area is 198 Å². The van der Waals surface area contributed by atoms with Crippen LogP contribution in [0.25, 0.3) is 0 Å². The van der Waals surface area contributed by atoms with E-state index in [1.807, 2.05) is 4.72 Å². The number of methoxy groups -OCH3 is 1. The number of carbonyl (C=O) groups excluding carboxylic acids is 3. The molecule has 0 saturated carbocycles. The average molecular weight is 493 g/mol. The molecule has 1 aromatic carbocycles. The number of carbonyl (C=O) groups is 3. The van der Waals surface area contributed by atoms with E-state index in [2.05, 4.69) is 15.6 Å². The summed E-state index contributed by atoms with van der Waals surface area (Å²) >= 11 is 0. The van der Waals surface area contributed by atoms with E-state index in [9.17, 15) is 22.8 Å². The van der Waals surface area contributed by atoms with Gasteiger partial charge in [0, 0.05) is 38.4 Å². The van der Waals surface area contributed by atoms with Crippen molar-refractivity contribution in [2.45, 2.75) is 25.2 Å². The molecule has 3 N–H and O–H groups in total. The Hall–Kier alpha value is -3.51. The second kappa shape index (κ2) is 12.7. The lowest BCUT2D eigenvalue weighted by Gasteiger charge is -2.10. The summed E-state index contributed by atoms with van der Waals surface area (Å²) in [5.41, 5.74) is 0.800. The van der Waals surface area contributed by atoms with Crippen LogP contribution >= 0.6 is 0 Å². The molecule has 0 fully saturated rings. The van der Waals surface area contributed by atoms with E-state index >= 15 is 0 Å². The van der Waals surface area contributed by atoms with Crippen LogP contribution in [0.5, 0.6) is 5.88 Å². The van der Waals surface area contributed by atoms with Gasteiger partial charge in [-0.05, 0) is 30.2 Å². The van der Waals surface area contributed by atoms with E-state index in [0.717, 1.165) is 11.8 Å². The number of nitrogens with zero attached hydrogens (tertiary/aromatic N) is 1. The molecule has 0 unspecified atom stereocenters. The molecule has 0 aliphatic heterocycles. The maximum atomic E-state index is 12.5. The van der Waals surface area contributed by atoms with Gasteiger partial charge in [0.2, 0.25) is 11.8 Å². The van der Waals surface area contributed by atoms with E-state index in [4.69, 9.17) is 9.47 Å². The minimum absolute atomic E-state index is 0.0340. The Bertz CT molecular complexity index is 1090. The van der Waals surface area contributed by atoms with Gasteiger partial charge in [0.25, 0.3) is 15.9 Å². The highest BCUT2D eigenvalue weighted by Crippen LogP contribution is 2.13. The van der Waals surface area contributed by atoms with Crippen LogP contribution in [0.1, 0.15) is 29.8 Å². The second-order valence-electron chi connectivity index (χ2n) is 7.47. The molecule has 2 rings (SSSR count). The van der Waals surface area contributed by atoms with Gasteiger partial charge in [-0.3, -0.25) is 9.59 Å². The zero-order chi connectivity index (χ0) is 25.1. The fourth-order valence-corrected chi connectivity index (χ4v) is 3.54. The summed E-state index contributed by atoms with van der Waals surface area (Å²) < 4.78 is 36.8. The highest BCUT2D eigenvalue weighted by molar-refractivity contribution is 7.90. The molecule has 2 aromatic rings. The first-order chi connectivity index (χ1) is 16.1. The number of rotatable bonds is 11. The topological polar surface area (TPSA) is 153 Å². The van der Waals surface area contributed by atoms with E-state index in [-0.39, 0.29) is 34.7 Å². The standard InChI is InChI=1S/C22H28N4O7S/c1-15(2)20(27)23-11-10-16-4-7-18(8-5-16)34(30,31)26-21(28)17-6-9-19(25-14-17)33-22(29)24-12-13-32-3/h4-9,14-15H,10-13H2,1-3H3,(H,23,27)(H,24,29)(H,26,28). The number of hydrogen-bond acceptors (Lipinski definition) is 8. The van der Waals surface area contributed by atoms with Gasteiger partial charge < -0.3 is 20.1 Å². The van der Waals surface area contributed by atoms with E-state index in [0.29, 0.717) is 19.6 Å². The first-order valence-corrected chi connectivity index (χ1v) is 11.9. The van der Waals surface area contributed by atoms with Gasteiger partial charge in [-0.15, -0.1) is 0 Å². The summed E-state index contributed by atoms with van der Waals surface area (Å²) in [6.07, 6.45) is 0.891. The maximum absolute atomic E-state index is 12.5. The van der Waals surface area contributed by atoms with Gasteiger partial charge in [0.15, 0.2) is 0 Å². The number of sulfonamides is 1. The lowest BCUT2D eigenvalue weighted by Crippen LogP contribution is -2.31. The Morgan fingerprint density at radius 1 is 1.00 bits per heavy atom. The van der Waals surface area contributed by atoms with Crippen molar-refractivity contribution in [1.82, 2.24) is 20.3 Å². The molecule has 3 amide bonds. The van der Waals surface area contributed by atoms with Crippen LogP contribution in [-0.2, 0) is 26.0 Å². The third kappa shape index (κ3) is 8.45. The minimum atomic E-state index is -4.12. The third-order valence-corrected chi connectivity index (χ3v) is 5.82. The molecule has 184 valence electrons. The molecule has 0 radical (unpaired) electrons. The van der Waals surface area contributed by atoms with Crippen molar-refractivity contribution in [3.8, 4) is 5.88 Å². The Kier molecular flexibility index (Phi) is 9.95. The van der Waals surface area contributed by atoms with E-state index in [1.54, 1.807) is 26.0 Å². The molecule has 1 aromatic heterocycles. The zero-order valence-electron chi connectivity index (χ0n) is 19.2. The SMILES string of the molecule is COCCNC(=O)Oc1ccc(C(=O)NS(=O)(=O)c2ccc(CCNC(=O)C(C)C)cc2)cn1. The van der Waals surface area contributed by atoms with Gasteiger partial charge in [-0.2, -0.15) is 0 Å². The van der Waals surface area contributed by atoms with Crippen molar-refractivity contribution in [1.29, 1.82) is 0 Å². The normalized spacial score (nSPS) is 11.1. The summed E-state index contributed by atoms with van der Waals surface area (Å²) in [6.45, 7) is 4.59. The van der Waals surface area contributed by atoms with Crippen LogP contribution in [-0.4, -0.2) is 58.1 Å². The molecule has 11 nitrogen and oxygen atoms in total. The van der Waals surface area contributed by atoms with Gasteiger partial charge in [0.05, 0.1) is 17.1 Å². The lowest BCUT2D eigenvalue weighted by atomic mass is 10.1. The molecular formula is C22H28N4O7S. The molecule has 12 heteroatoms. The van der Waals surface area contributed by atoms with Crippen molar-refractivity contribution in [3.05, 3.63) is 53.7 Å². The molecule has 0 bridgehead atoms. The quantitative estimate of drug-likeness (QED) is 0.396. The molecule has 0 atom stereocenters. The number of ether oxygens (including phenoxy) is 2. The summed E-state index contributed by atoms with van der Waals surface area (Å²) in [6, 6.07) is 8.55. The van der Waals surface area contributed by atoms with E-state index < -0.39 is 22.0 Å². The number of nitrogens with one attached hydrogen (secondary N) is 3. The predicted molar refractivity (Wildman–Crippen MR) is 123 cm³/mol. The van der Waals surface area contributed by atoms with Crippen LogP contribution in [0, 0.1) is 5.92 Å². The molecular weight excluding hydrogens is 464 g/mol. The number of hydrogen-bond donors (Lipinski definition) is 3. The number of benzene rings is 1. The number of amides is 3. The van der Waals surface area contributed by atoms with Crippen LogP contribution < -0.4 is 20.1 Å². The van der Waals surface area contributed by atoms with Crippen LogP contribution in [0.3, 0.4) is 0 Å². The summed E-state index contributed by atoms with van der Waals surface area (Å²) in [5, 5.41) is 5.23. The smallest absolute Gasteiger partial charge is 0.391 e. The van der Waals surface area contributed by atoms with Gasteiger partial charge in [-0.1, -0.05) is 26.0 Å². The van der Waals surface area contributed by atoms with Crippen molar-refractivity contribution < 1.29 is 32.3 Å². The Morgan fingerprint density at radius 3 is 2.29 bits per heavy atom. The second-order valence-corrected chi connectivity index (χ2v) is 9.15. The zero-order valence-corrected chi connectivity index (χ0v) is 20.0. The van der Waals surface area contributed by atoms with Gasteiger partial charge in [-0.25, -0.2) is 22.9 Å². The Balaban J connectivity index is 1.92. The fraction of sp³-hybridized carbons (Fsp3) is 0.364. The van der Waals surface area contributed by atoms with Crippen molar-refractivity contribution in [2.24, 2.45) is 5.92 Å². The summed E-state index contributed by atoms with van der Waals surface area (Å²) in [4.78, 5) is 39.3. The van der Waals surface area contributed by atoms with Gasteiger partial charge >= 0.3 is 6.09 Å². The number of aromatic nitrogens is 1. The largest absolute Gasteiger partial charge is 0.414 e. The van der Waals surface area contributed by atoms with Gasteiger partial charge in [0.1, 0.15) is 0 Å². The monoisotopic (exact) mass is 492 g/mol. The number of pyridine rings is 1. The third-order valence-electron chi connectivity index (χ3n) is 4.47. The lowest BCUT2D eigenvalue weighted by molar-refractivity contribution is -0.123. The summed E-state index contributed by atoms with van der Waals surface area (Å²) in [7, 11) is -2.62. The minimum Gasteiger partial charge on any atom is -0.391 e. The molecule has 0 aliphatic carbocycles. The van der Waals surface area contributed by atoms with Crippen LogP contribution in [0.15, 0.2) is 47.5 Å². The molecule has 0 aliphatic rings. The van der Waals surface area contributed by atoms with Crippen molar-refractivity contribution in [2.75, 3.05) is 26.8 Å². The van der Waals surface area contributed by atoms with Crippen LogP contribution in [0.4, 0.5) is 4.79 Å². The van der Waals surface area contributed by atoms with E-state index in [1.165, 1.54) is 31.4 Å². The van der Waals surface area contributed by atoms with Crippen molar-refractivity contribution in [3.63, 3.8) is 0 Å². The average Bonchev–Trinajstić information content (AvgIpc) is 2.79. The predicted octanol–water partition coefficient (Wildman–Crippen LogP) is 1.25. The maximum Gasteiger partial charge on any atom is 0.414 e. The first kappa shape index (κ1) is 26.7. The molecule has 34 heavy (non-hydrogen) atoms. The molecule has 0 spiro atoms. The van der Waals surface area contributed by atoms with Crippen LogP contribution in [0.2, 0.25) is 0 Å². The molecule has 0 saturated heterocycles. The van der Waals surface area contributed by atoms with Crippen molar-refractivity contribution >= 4 is 27.9 Å². The highest BCUT2D eigenvalue weighted by Gasteiger charge is 2.19. The highest BCUT2D eigenvalue weighted by atomic mass is 32.2.